The highest BCUT2D eigenvalue weighted by molar-refractivity contribution is 7.99. The molecule has 0 saturated heterocycles. The fraction of sp³-hybridized carbons (Fsp3) is 0.0800. The number of para-hydroxylation sites is 1. The van der Waals surface area contributed by atoms with Gasteiger partial charge in [-0.05, 0) is 48.5 Å². The van der Waals surface area contributed by atoms with Crippen molar-refractivity contribution in [1.82, 2.24) is 14.5 Å². The molecule has 5 rings (SSSR count). The van der Waals surface area contributed by atoms with Crippen LogP contribution in [0.4, 0.5) is 18.9 Å². The van der Waals surface area contributed by atoms with Crippen LogP contribution in [0.1, 0.15) is 0 Å². The molecule has 1 amide bonds. The highest BCUT2D eigenvalue weighted by atomic mass is 35.5. The van der Waals surface area contributed by atoms with Crippen LogP contribution in [0, 0.1) is 0 Å². The number of H-pyrrole nitrogens is 1. The summed E-state index contributed by atoms with van der Waals surface area (Å²) in [6.45, 7) is 0. The fourth-order valence-corrected chi connectivity index (χ4v) is 4.75. The highest BCUT2D eigenvalue weighted by Gasteiger charge is 2.31. The Morgan fingerprint density at radius 3 is 2.57 bits per heavy atom. The Hall–Kier alpha value is -3.96. The summed E-state index contributed by atoms with van der Waals surface area (Å²) in [5.74, 6) is -0.887. The quantitative estimate of drug-likeness (QED) is 0.198. The van der Waals surface area contributed by atoms with E-state index in [1.807, 2.05) is 18.2 Å². The SMILES string of the molecule is O=C(CSc1nc2c([nH]c3ccccc32)c(=O)n1-c1ccc(OC(F)(F)F)cc1)Nc1cccc(Cl)c1. The van der Waals surface area contributed by atoms with E-state index in [0.29, 0.717) is 21.7 Å². The third-order valence-electron chi connectivity index (χ3n) is 5.26. The van der Waals surface area contributed by atoms with Crippen molar-refractivity contribution in [2.75, 3.05) is 11.1 Å². The van der Waals surface area contributed by atoms with Crippen LogP contribution in [0.25, 0.3) is 27.6 Å². The zero-order valence-corrected chi connectivity index (χ0v) is 20.2. The molecular weight excluding hydrogens is 529 g/mol. The Labute approximate surface area is 216 Å². The largest absolute Gasteiger partial charge is 0.573 e. The molecule has 0 aliphatic heterocycles. The molecule has 0 unspecified atom stereocenters. The molecule has 0 radical (unpaired) electrons. The first-order chi connectivity index (χ1) is 17.7. The maximum Gasteiger partial charge on any atom is 0.573 e. The van der Waals surface area contributed by atoms with Gasteiger partial charge in [-0.1, -0.05) is 47.6 Å². The lowest BCUT2D eigenvalue weighted by Gasteiger charge is -2.13. The number of nitrogens with zero attached hydrogens (tertiary/aromatic N) is 2. The third kappa shape index (κ3) is 5.42. The van der Waals surface area contributed by atoms with Gasteiger partial charge in [-0.3, -0.25) is 14.2 Å². The summed E-state index contributed by atoms with van der Waals surface area (Å²) in [5, 5.41) is 4.10. The van der Waals surface area contributed by atoms with Crippen molar-refractivity contribution >= 4 is 56.9 Å². The van der Waals surface area contributed by atoms with E-state index in [1.54, 1.807) is 30.3 Å². The molecule has 3 aromatic carbocycles. The summed E-state index contributed by atoms with van der Waals surface area (Å²) in [6.07, 6.45) is -4.85. The molecule has 37 heavy (non-hydrogen) atoms. The Balaban J connectivity index is 1.53. The Kier molecular flexibility index (Phi) is 6.57. The number of hydrogen-bond acceptors (Lipinski definition) is 5. The first kappa shape index (κ1) is 24.7. The van der Waals surface area contributed by atoms with Crippen LogP contribution in [0.3, 0.4) is 0 Å². The van der Waals surface area contributed by atoms with Gasteiger partial charge in [0.2, 0.25) is 5.91 Å². The van der Waals surface area contributed by atoms with Crippen molar-refractivity contribution in [2.24, 2.45) is 0 Å². The second-order valence-corrected chi connectivity index (χ2v) is 9.20. The summed E-state index contributed by atoms with van der Waals surface area (Å²) in [5.41, 5.74) is 1.64. The van der Waals surface area contributed by atoms with E-state index >= 15 is 0 Å². The van der Waals surface area contributed by atoms with Crippen LogP contribution < -0.4 is 15.6 Å². The van der Waals surface area contributed by atoms with Gasteiger partial charge in [0, 0.05) is 21.6 Å². The number of anilines is 1. The van der Waals surface area contributed by atoms with Gasteiger partial charge in [0.1, 0.15) is 16.8 Å². The standard InChI is InChI=1S/C25H16ClF3N4O3S/c26-14-4-3-5-15(12-14)30-20(34)13-37-24-32-21-18-6-1-2-7-19(18)31-22(21)23(35)33(24)16-8-10-17(11-9-16)36-25(27,28)29/h1-12,31H,13H2,(H,30,34). The molecule has 0 bridgehead atoms. The zero-order chi connectivity index (χ0) is 26.2. The summed E-state index contributed by atoms with van der Waals surface area (Å²) >= 11 is 6.98. The minimum Gasteiger partial charge on any atom is -0.406 e. The molecule has 12 heteroatoms. The maximum absolute atomic E-state index is 13.6. The van der Waals surface area contributed by atoms with Crippen LogP contribution in [-0.2, 0) is 4.79 Å². The van der Waals surface area contributed by atoms with E-state index in [2.05, 4.69) is 20.0 Å². The lowest BCUT2D eigenvalue weighted by Crippen LogP contribution is -2.23. The molecule has 0 spiro atoms. The van der Waals surface area contributed by atoms with Crippen LogP contribution in [0.5, 0.6) is 5.75 Å². The average molecular weight is 545 g/mol. The summed E-state index contributed by atoms with van der Waals surface area (Å²) in [4.78, 5) is 33.9. The topological polar surface area (TPSA) is 89.0 Å². The monoisotopic (exact) mass is 544 g/mol. The van der Waals surface area contributed by atoms with Crippen LogP contribution in [0.15, 0.2) is 82.7 Å². The molecular formula is C25H16ClF3N4O3S. The lowest BCUT2D eigenvalue weighted by molar-refractivity contribution is -0.274. The van der Waals surface area contributed by atoms with Crippen molar-refractivity contribution in [1.29, 1.82) is 0 Å². The Morgan fingerprint density at radius 1 is 1.08 bits per heavy atom. The Morgan fingerprint density at radius 2 is 1.84 bits per heavy atom. The van der Waals surface area contributed by atoms with Gasteiger partial charge in [-0.15, -0.1) is 13.2 Å². The molecule has 7 nitrogen and oxygen atoms in total. The summed E-state index contributed by atoms with van der Waals surface area (Å²) in [7, 11) is 0. The van der Waals surface area contributed by atoms with Crippen LogP contribution >= 0.6 is 23.4 Å². The maximum atomic E-state index is 13.6. The average Bonchev–Trinajstić information content (AvgIpc) is 3.22. The molecule has 2 heterocycles. The molecule has 2 aromatic heterocycles. The van der Waals surface area contributed by atoms with Crippen molar-refractivity contribution in [3.8, 4) is 11.4 Å². The first-order valence-electron chi connectivity index (χ1n) is 10.8. The van der Waals surface area contributed by atoms with Crippen molar-refractivity contribution in [3.05, 3.63) is 88.2 Å². The smallest absolute Gasteiger partial charge is 0.406 e. The second-order valence-electron chi connectivity index (χ2n) is 7.82. The highest BCUT2D eigenvalue weighted by Crippen LogP contribution is 2.28. The molecule has 2 N–H and O–H groups in total. The minimum absolute atomic E-state index is 0.0952. The number of aromatic nitrogens is 3. The van der Waals surface area contributed by atoms with E-state index in [9.17, 15) is 22.8 Å². The molecule has 0 fully saturated rings. The predicted molar refractivity (Wildman–Crippen MR) is 137 cm³/mol. The van der Waals surface area contributed by atoms with E-state index in [1.165, 1.54) is 16.7 Å². The summed E-state index contributed by atoms with van der Waals surface area (Å²) < 4.78 is 42.9. The first-order valence-corrected chi connectivity index (χ1v) is 12.1. The van der Waals surface area contributed by atoms with E-state index in [4.69, 9.17) is 11.6 Å². The number of rotatable bonds is 6. The van der Waals surface area contributed by atoms with Crippen LogP contribution in [-0.4, -0.2) is 32.6 Å². The number of nitrogens with one attached hydrogen (secondary N) is 2. The third-order valence-corrected chi connectivity index (χ3v) is 6.44. The number of aromatic amines is 1. The van der Waals surface area contributed by atoms with Gasteiger partial charge in [-0.2, -0.15) is 0 Å². The van der Waals surface area contributed by atoms with Crippen molar-refractivity contribution in [3.63, 3.8) is 0 Å². The molecule has 0 aliphatic rings. The molecule has 0 saturated carbocycles. The number of hydrogen-bond donors (Lipinski definition) is 2. The number of benzene rings is 3. The minimum atomic E-state index is -4.85. The number of thioether (sulfide) groups is 1. The number of carbonyl (C=O) groups excluding carboxylic acids is 1. The lowest BCUT2D eigenvalue weighted by atomic mass is 10.2. The van der Waals surface area contributed by atoms with Gasteiger partial charge >= 0.3 is 6.36 Å². The van der Waals surface area contributed by atoms with Gasteiger partial charge in [0.05, 0.1) is 11.4 Å². The predicted octanol–water partition coefficient (Wildman–Crippen LogP) is 6.15. The van der Waals surface area contributed by atoms with Gasteiger partial charge in [-0.25, -0.2) is 4.98 Å². The van der Waals surface area contributed by atoms with Gasteiger partial charge in [0.25, 0.3) is 5.56 Å². The van der Waals surface area contributed by atoms with Gasteiger partial charge < -0.3 is 15.0 Å². The number of halogens is 4. The van der Waals surface area contributed by atoms with Crippen LogP contribution in [0.2, 0.25) is 5.02 Å². The van der Waals surface area contributed by atoms with E-state index in [-0.39, 0.29) is 28.0 Å². The number of alkyl halides is 3. The fourth-order valence-electron chi connectivity index (χ4n) is 3.76. The molecule has 5 aromatic rings. The van der Waals surface area contributed by atoms with Crippen molar-refractivity contribution < 1.29 is 22.7 Å². The van der Waals surface area contributed by atoms with E-state index < -0.39 is 17.7 Å². The Bertz CT molecular complexity index is 1680. The van der Waals surface area contributed by atoms with Crippen molar-refractivity contribution in [2.45, 2.75) is 11.5 Å². The number of amides is 1. The summed E-state index contributed by atoms with van der Waals surface area (Å²) in [6, 6.07) is 18.7. The molecule has 0 atom stereocenters. The molecule has 188 valence electrons. The molecule has 0 aliphatic carbocycles. The number of ether oxygens (including phenoxy) is 1. The number of carbonyl (C=O) groups is 1. The normalized spacial score (nSPS) is 11.7. The van der Waals surface area contributed by atoms with E-state index in [0.717, 1.165) is 29.3 Å². The second kappa shape index (κ2) is 9.83. The number of fused-ring (bicyclic) bond motifs is 3. The zero-order valence-electron chi connectivity index (χ0n) is 18.7. The van der Waals surface area contributed by atoms with Gasteiger partial charge in [0.15, 0.2) is 5.16 Å².